The average Bonchev–Trinajstić information content (AvgIpc) is 3.52. The molecule has 0 spiro atoms. The highest BCUT2D eigenvalue weighted by atomic mass is 35.5. The molecular formula is C25H29ClN6O2S. The molecule has 1 amide bonds. The van der Waals surface area contributed by atoms with Crippen molar-refractivity contribution in [2.45, 2.75) is 45.3 Å². The Kier molecular flexibility index (Phi) is 6.55. The molecule has 184 valence electrons. The fourth-order valence-electron chi connectivity index (χ4n) is 3.82. The van der Waals surface area contributed by atoms with Crippen LogP contribution in [0.4, 0.5) is 15.9 Å². The number of ether oxygens (including phenoxy) is 1. The first kappa shape index (κ1) is 23.8. The zero-order valence-corrected chi connectivity index (χ0v) is 21.7. The molecule has 8 nitrogen and oxygen atoms in total. The Labute approximate surface area is 214 Å². The number of benzene rings is 1. The quantitative estimate of drug-likeness (QED) is 0.479. The highest BCUT2D eigenvalue weighted by Gasteiger charge is 2.28. The van der Waals surface area contributed by atoms with Crippen molar-refractivity contribution in [2.24, 2.45) is 0 Å². The van der Waals surface area contributed by atoms with Crippen LogP contribution < -0.4 is 10.2 Å². The van der Waals surface area contributed by atoms with Gasteiger partial charge >= 0.3 is 6.09 Å². The highest BCUT2D eigenvalue weighted by molar-refractivity contribution is 7.19. The minimum Gasteiger partial charge on any atom is -0.444 e. The highest BCUT2D eigenvalue weighted by Crippen LogP contribution is 2.40. The van der Waals surface area contributed by atoms with Crippen LogP contribution in [0, 0.1) is 0 Å². The second kappa shape index (κ2) is 9.62. The summed E-state index contributed by atoms with van der Waals surface area (Å²) in [5, 5.41) is 4.93. The number of nitrogens with zero attached hydrogens (tertiary/aromatic N) is 5. The zero-order valence-electron chi connectivity index (χ0n) is 20.1. The van der Waals surface area contributed by atoms with Gasteiger partial charge in [0.25, 0.3) is 0 Å². The van der Waals surface area contributed by atoms with Crippen LogP contribution in [0.25, 0.3) is 21.8 Å². The van der Waals surface area contributed by atoms with Crippen molar-refractivity contribution >= 4 is 40.1 Å². The molecule has 2 fully saturated rings. The second-order valence-electron chi connectivity index (χ2n) is 9.82. The summed E-state index contributed by atoms with van der Waals surface area (Å²) in [7, 11) is 0. The first-order valence-corrected chi connectivity index (χ1v) is 13.0. The normalized spacial score (nSPS) is 16.3. The molecule has 1 aliphatic heterocycles. The standard InChI is InChI=1S/C25H29ClN6O2S/c1-25(2,3)34-24(33)32-13-11-31(12-14-32)23-30-20(16-5-4-6-17(26)15-16)21(35-23)19-9-10-27-22(29-19)28-18-7-8-18/h4-6,9-10,15,18H,7-8,11-14H2,1-3H3,(H,27,28,29). The molecule has 1 N–H and O–H groups in total. The molecule has 0 unspecified atom stereocenters. The van der Waals surface area contributed by atoms with Gasteiger partial charge in [-0.15, -0.1) is 0 Å². The van der Waals surface area contributed by atoms with Crippen molar-refractivity contribution in [1.82, 2.24) is 19.9 Å². The maximum absolute atomic E-state index is 12.5. The number of rotatable bonds is 5. The smallest absolute Gasteiger partial charge is 0.410 e. The van der Waals surface area contributed by atoms with Crippen molar-refractivity contribution in [1.29, 1.82) is 0 Å². The topological polar surface area (TPSA) is 83.5 Å². The van der Waals surface area contributed by atoms with Gasteiger partial charge in [-0.2, -0.15) is 0 Å². The molecule has 1 saturated heterocycles. The van der Waals surface area contributed by atoms with E-state index in [0.29, 0.717) is 43.2 Å². The van der Waals surface area contributed by atoms with Gasteiger partial charge in [0.2, 0.25) is 5.95 Å². The number of nitrogens with one attached hydrogen (secondary N) is 1. The lowest BCUT2D eigenvalue weighted by Gasteiger charge is -2.35. The number of hydrogen-bond acceptors (Lipinski definition) is 8. The molecule has 0 atom stereocenters. The van der Waals surface area contributed by atoms with Crippen molar-refractivity contribution in [2.75, 3.05) is 36.4 Å². The van der Waals surface area contributed by atoms with E-state index in [9.17, 15) is 4.79 Å². The van der Waals surface area contributed by atoms with E-state index in [2.05, 4.69) is 15.2 Å². The molecule has 1 aliphatic carbocycles. The fourth-order valence-corrected chi connectivity index (χ4v) is 5.12. The van der Waals surface area contributed by atoms with Crippen molar-refractivity contribution in [3.8, 4) is 21.8 Å². The number of halogens is 1. The van der Waals surface area contributed by atoms with E-state index in [1.165, 1.54) is 0 Å². The lowest BCUT2D eigenvalue weighted by molar-refractivity contribution is 0.0240. The van der Waals surface area contributed by atoms with Crippen molar-refractivity contribution < 1.29 is 9.53 Å². The third-order valence-corrected chi connectivity index (χ3v) is 7.09. The van der Waals surface area contributed by atoms with Crippen LogP contribution in [0.1, 0.15) is 33.6 Å². The fraction of sp³-hybridized carbons (Fsp3) is 0.440. The van der Waals surface area contributed by atoms with Crippen LogP contribution >= 0.6 is 22.9 Å². The molecule has 5 rings (SSSR count). The lowest BCUT2D eigenvalue weighted by Crippen LogP contribution is -2.50. The summed E-state index contributed by atoms with van der Waals surface area (Å²) in [5.41, 5.74) is 2.11. The third-order valence-electron chi connectivity index (χ3n) is 5.71. The molecule has 10 heteroatoms. The van der Waals surface area contributed by atoms with E-state index in [0.717, 1.165) is 39.8 Å². The number of carbonyl (C=O) groups is 1. The van der Waals surface area contributed by atoms with Crippen LogP contribution in [-0.4, -0.2) is 63.8 Å². The molecule has 2 aliphatic rings. The van der Waals surface area contributed by atoms with Gasteiger partial charge < -0.3 is 19.9 Å². The predicted molar refractivity (Wildman–Crippen MR) is 140 cm³/mol. The van der Waals surface area contributed by atoms with E-state index in [4.69, 9.17) is 26.3 Å². The summed E-state index contributed by atoms with van der Waals surface area (Å²) >= 11 is 7.91. The Balaban J connectivity index is 1.41. The molecule has 3 aromatic rings. The molecular weight excluding hydrogens is 484 g/mol. The Morgan fingerprint density at radius 2 is 1.91 bits per heavy atom. The Morgan fingerprint density at radius 1 is 1.14 bits per heavy atom. The van der Waals surface area contributed by atoms with Crippen LogP contribution in [0.3, 0.4) is 0 Å². The summed E-state index contributed by atoms with van der Waals surface area (Å²) in [6, 6.07) is 10.1. The van der Waals surface area contributed by atoms with Gasteiger partial charge in [-0.3, -0.25) is 0 Å². The summed E-state index contributed by atoms with van der Waals surface area (Å²) < 4.78 is 5.53. The summed E-state index contributed by atoms with van der Waals surface area (Å²) in [6.07, 6.45) is 3.82. The Bertz CT molecular complexity index is 1210. The molecule has 0 radical (unpaired) electrons. The monoisotopic (exact) mass is 512 g/mol. The molecule has 0 bridgehead atoms. The summed E-state index contributed by atoms with van der Waals surface area (Å²) in [4.78, 5) is 31.6. The minimum absolute atomic E-state index is 0.270. The third kappa shape index (κ3) is 5.85. The Morgan fingerprint density at radius 3 is 2.60 bits per heavy atom. The maximum atomic E-state index is 12.5. The molecule has 35 heavy (non-hydrogen) atoms. The predicted octanol–water partition coefficient (Wildman–Crippen LogP) is 5.55. The van der Waals surface area contributed by atoms with E-state index in [-0.39, 0.29) is 6.09 Å². The van der Waals surface area contributed by atoms with Crippen LogP contribution in [0.2, 0.25) is 5.02 Å². The van der Waals surface area contributed by atoms with Gasteiger partial charge in [0.1, 0.15) is 5.60 Å². The molecule has 2 aromatic heterocycles. The SMILES string of the molecule is CC(C)(C)OC(=O)N1CCN(c2nc(-c3cccc(Cl)c3)c(-c3ccnc(NC4CC4)n3)s2)CC1. The van der Waals surface area contributed by atoms with Gasteiger partial charge in [0, 0.05) is 49.0 Å². The van der Waals surface area contributed by atoms with Crippen LogP contribution in [0.5, 0.6) is 0 Å². The van der Waals surface area contributed by atoms with Crippen molar-refractivity contribution in [3.05, 3.63) is 41.6 Å². The number of aromatic nitrogens is 3. The maximum Gasteiger partial charge on any atom is 0.410 e. The number of hydrogen-bond donors (Lipinski definition) is 1. The first-order valence-electron chi connectivity index (χ1n) is 11.8. The van der Waals surface area contributed by atoms with Gasteiger partial charge in [-0.1, -0.05) is 35.1 Å². The average molecular weight is 513 g/mol. The number of carbonyl (C=O) groups excluding carboxylic acids is 1. The van der Waals surface area contributed by atoms with E-state index in [1.807, 2.05) is 51.1 Å². The largest absolute Gasteiger partial charge is 0.444 e. The summed E-state index contributed by atoms with van der Waals surface area (Å²) in [6.45, 7) is 8.18. The summed E-state index contributed by atoms with van der Waals surface area (Å²) in [5.74, 6) is 0.642. The molecule has 1 saturated carbocycles. The number of thiazole rings is 1. The van der Waals surface area contributed by atoms with Crippen LogP contribution in [-0.2, 0) is 4.74 Å². The molecule has 1 aromatic carbocycles. The Hall–Kier alpha value is -2.91. The van der Waals surface area contributed by atoms with Crippen LogP contribution in [0.15, 0.2) is 36.5 Å². The van der Waals surface area contributed by atoms with E-state index >= 15 is 0 Å². The first-order chi connectivity index (χ1) is 16.7. The molecule has 3 heterocycles. The zero-order chi connectivity index (χ0) is 24.6. The lowest BCUT2D eigenvalue weighted by atomic mass is 10.1. The van der Waals surface area contributed by atoms with E-state index < -0.39 is 5.60 Å². The second-order valence-corrected chi connectivity index (χ2v) is 11.2. The van der Waals surface area contributed by atoms with Gasteiger partial charge in [-0.05, 0) is 51.8 Å². The number of piperazine rings is 1. The van der Waals surface area contributed by atoms with Gasteiger partial charge in [0.15, 0.2) is 5.13 Å². The minimum atomic E-state index is -0.505. The van der Waals surface area contributed by atoms with Gasteiger partial charge in [0.05, 0.1) is 16.3 Å². The number of amides is 1. The van der Waals surface area contributed by atoms with Crippen molar-refractivity contribution in [3.63, 3.8) is 0 Å². The number of anilines is 2. The van der Waals surface area contributed by atoms with E-state index in [1.54, 1.807) is 22.4 Å². The van der Waals surface area contributed by atoms with Gasteiger partial charge in [-0.25, -0.2) is 19.7 Å².